The van der Waals surface area contributed by atoms with Crippen LogP contribution >= 0.6 is 0 Å². The van der Waals surface area contributed by atoms with Crippen LogP contribution in [0.2, 0.25) is 18.1 Å². The second-order valence-electron chi connectivity index (χ2n) is 8.62. The third-order valence-electron chi connectivity index (χ3n) is 5.44. The number of halogens is 1. The van der Waals surface area contributed by atoms with Gasteiger partial charge in [-0.2, -0.15) is 8.42 Å². The molecule has 0 N–H and O–H groups in total. The van der Waals surface area contributed by atoms with Crippen LogP contribution < -0.4 is 0 Å². The summed E-state index contributed by atoms with van der Waals surface area (Å²) in [5.74, 6) is 0. The molecule has 4 atom stereocenters. The van der Waals surface area contributed by atoms with Gasteiger partial charge in [-0.25, -0.2) is 4.39 Å². The highest BCUT2D eigenvalue weighted by molar-refractivity contribution is 7.86. The first-order chi connectivity index (χ1) is 12.8. The summed E-state index contributed by atoms with van der Waals surface area (Å²) in [4.78, 5) is -0.0406. The molecule has 0 spiro atoms. The van der Waals surface area contributed by atoms with Crippen LogP contribution in [0, 0.1) is 6.92 Å². The molecule has 6 nitrogen and oxygen atoms in total. The van der Waals surface area contributed by atoms with Crippen LogP contribution in [0.4, 0.5) is 4.39 Å². The summed E-state index contributed by atoms with van der Waals surface area (Å²) in [7, 11) is -4.94. The Kier molecular flexibility index (Phi) is 7.11. The van der Waals surface area contributed by atoms with Crippen molar-refractivity contribution in [3.63, 3.8) is 0 Å². The minimum Gasteiger partial charge on any atom is -0.414 e. The van der Waals surface area contributed by atoms with Gasteiger partial charge >= 0.3 is 0 Å². The van der Waals surface area contributed by atoms with Crippen molar-refractivity contribution in [1.82, 2.24) is 0 Å². The minimum atomic E-state index is -4.16. The molecule has 0 aromatic heterocycles. The van der Waals surface area contributed by atoms with E-state index >= 15 is 4.39 Å². The number of ether oxygens (including phenoxy) is 2. The van der Waals surface area contributed by atoms with Crippen molar-refractivity contribution in [2.24, 2.45) is 0 Å². The van der Waals surface area contributed by atoms with E-state index in [0.29, 0.717) is 0 Å². The van der Waals surface area contributed by atoms with E-state index in [-0.39, 0.29) is 16.5 Å². The Labute approximate surface area is 168 Å². The summed E-state index contributed by atoms with van der Waals surface area (Å²) in [5, 5.41) is -0.0389. The summed E-state index contributed by atoms with van der Waals surface area (Å²) in [6.07, 6.45) is -5.19. The summed E-state index contributed by atoms with van der Waals surface area (Å²) >= 11 is 0. The van der Waals surface area contributed by atoms with Gasteiger partial charge in [0.25, 0.3) is 10.1 Å². The molecule has 1 heterocycles. The van der Waals surface area contributed by atoms with Gasteiger partial charge in [0, 0.05) is 7.11 Å². The topological polar surface area (TPSA) is 71.1 Å². The van der Waals surface area contributed by atoms with E-state index in [1.807, 2.05) is 6.92 Å². The Morgan fingerprint density at radius 2 is 1.75 bits per heavy atom. The normalized spacial score (nSPS) is 26.6. The summed E-state index contributed by atoms with van der Waals surface area (Å²) < 4.78 is 62.0. The third-order valence-corrected chi connectivity index (χ3v) is 11.3. The van der Waals surface area contributed by atoms with Gasteiger partial charge < -0.3 is 13.9 Å². The Balaban J connectivity index is 2.11. The van der Waals surface area contributed by atoms with E-state index in [0.717, 1.165) is 5.56 Å². The van der Waals surface area contributed by atoms with E-state index in [1.54, 1.807) is 12.1 Å². The predicted molar refractivity (Wildman–Crippen MR) is 107 cm³/mol. The monoisotopic (exact) mass is 434 g/mol. The molecule has 0 amide bonds. The molecule has 0 saturated carbocycles. The number of alkyl halides is 1. The highest BCUT2D eigenvalue weighted by atomic mass is 32.2. The van der Waals surface area contributed by atoms with E-state index in [4.69, 9.17) is 18.1 Å². The highest BCUT2D eigenvalue weighted by Crippen LogP contribution is 2.38. The van der Waals surface area contributed by atoms with Gasteiger partial charge in [0.05, 0.1) is 11.5 Å². The Hall–Kier alpha value is -0.843. The Morgan fingerprint density at radius 3 is 2.25 bits per heavy atom. The third kappa shape index (κ3) is 5.20. The number of aryl methyl sites for hydroxylation is 1. The zero-order valence-corrected chi connectivity index (χ0v) is 19.4. The number of hydrogen-bond acceptors (Lipinski definition) is 6. The van der Waals surface area contributed by atoms with Crippen LogP contribution in [-0.4, -0.2) is 55.1 Å². The molecular formula is C19H31FO6SSi. The molecule has 1 saturated heterocycles. The van der Waals surface area contributed by atoms with E-state index in [2.05, 4.69) is 33.9 Å². The summed E-state index contributed by atoms with van der Waals surface area (Å²) in [5.41, 5.74) is 0.907. The maximum atomic E-state index is 15.0. The van der Waals surface area contributed by atoms with Crippen LogP contribution in [0.3, 0.4) is 0 Å². The first kappa shape index (κ1) is 23.4. The summed E-state index contributed by atoms with van der Waals surface area (Å²) in [6, 6.07) is 6.15. The minimum absolute atomic E-state index is 0.0158. The van der Waals surface area contributed by atoms with Crippen LogP contribution in [0.15, 0.2) is 29.2 Å². The molecule has 1 aliphatic heterocycles. The van der Waals surface area contributed by atoms with Crippen molar-refractivity contribution in [1.29, 1.82) is 0 Å². The van der Waals surface area contributed by atoms with Crippen molar-refractivity contribution < 1.29 is 30.9 Å². The molecular weight excluding hydrogens is 403 g/mol. The fourth-order valence-electron chi connectivity index (χ4n) is 2.52. The second kappa shape index (κ2) is 8.49. The maximum Gasteiger partial charge on any atom is 0.297 e. The number of benzene rings is 1. The van der Waals surface area contributed by atoms with Crippen molar-refractivity contribution in [2.45, 2.75) is 75.4 Å². The van der Waals surface area contributed by atoms with Gasteiger partial charge in [-0.15, -0.1) is 0 Å². The summed E-state index contributed by atoms with van der Waals surface area (Å²) in [6.45, 7) is 12.2. The molecule has 0 aliphatic carbocycles. The van der Waals surface area contributed by atoms with Crippen LogP contribution in [0.1, 0.15) is 26.3 Å². The van der Waals surface area contributed by atoms with Gasteiger partial charge in [0.1, 0.15) is 6.10 Å². The van der Waals surface area contributed by atoms with Crippen LogP contribution in [0.5, 0.6) is 0 Å². The van der Waals surface area contributed by atoms with E-state index in [9.17, 15) is 8.42 Å². The largest absolute Gasteiger partial charge is 0.414 e. The second-order valence-corrected chi connectivity index (χ2v) is 15.0. The zero-order valence-electron chi connectivity index (χ0n) is 17.6. The molecule has 1 aliphatic rings. The number of methoxy groups -OCH3 is 1. The van der Waals surface area contributed by atoms with Crippen molar-refractivity contribution >= 4 is 18.4 Å². The van der Waals surface area contributed by atoms with E-state index < -0.39 is 43.1 Å². The van der Waals surface area contributed by atoms with Gasteiger partial charge in [-0.05, 0) is 37.2 Å². The SMILES string of the molecule is CO[C@H]1O[C@H](CO[Si](C)(C)C(C)(C)C)[C@@H](F)[C@@H]1OS(=O)(=O)c1ccc(C)cc1. The first-order valence-electron chi connectivity index (χ1n) is 9.25. The van der Waals surface area contributed by atoms with Crippen LogP contribution in [0.25, 0.3) is 0 Å². The number of hydrogen-bond donors (Lipinski definition) is 0. The lowest BCUT2D eigenvalue weighted by molar-refractivity contribution is -0.147. The Bertz CT molecular complexity index is 760. The fourth-order valence-corrected chi connectivity index (χ4v) is 4.60. The molecule has 160 valence electrons. The first-order valence-corrected chi connectivity index (χ1v) is 13.6. The molecule has 0 radical (unpaired) electrons. The fraction of sp³-hybridized carbons (Fsp3) is 0.684. The zero-order chi connectivity index (χ0) is 21.3. The van der Waals surface area contributed by atoms with E-state index in [1.165, 1.54) is 19.2 Å². The van der Waals surface area contributed by atoms with Crippen LogP contribution in [-0.2, 0) is 28.2 Å². The highest BCUT2D eigenvalue weighted by Gasteiger charge is 2.50. The molecule has 1 aromatic rings. The smallest absolute Gasteiger partial charge is 0.297 e. The predicted octanol–water partition coefficient (Wildman–Crippen LogP) is 3.80. The van der Waals surface area contributed by atoms with Crippen molar-refractivity contribution in [3.05, 3.63) is 29.8 Å². The molecule has 28 heavy (non-hydrogen) atoms. The van der Waals surface area contributed by atoms with Gasteiger partial charge in [0.15, 0.2) is 26.9 Å². The Morgan fingerprint density at radius 1 is 1.18 bits per heavy atom. The lowest BCUT2D eigenvalue weighted by Gasteiger charge is -2.37. The number of rotatable bonds is 7. The lowest BCUT2D eigenvalue weighted by Crippen LogP contribution is -2.44. The molecule has 1 aromatic carbocycles. The van der Waals surface area contributed by atoms with Crippen molar-refractivity contribution in [2.75, 3.05) is 13.7 Å². The van der Waals surface area contributed by atoms with Gasteiger partial charge in [-0.3, -0.25) is 4.18 Å². The average Bonchev–Trinajstić information content (AvgIpc) is 2.87. The maximum absolute atomic E-state index is 15.0. The quantitative estimate of drug-likeness (QED) is 0.480. The van der Waals surface area contributed by atoms with Gasteiger partial charge in [-0.1, -0.05) is 38.5 Å². The molecule has 0 unspecified atom stereocenters. The van der Waals surface area contributed by atoms with Gasteiger partial charge in [0.2, 0.25) is 0 Å². The average molecular weight is 435 g/mol. The molecule has 9 heteroatoms. The molecule has 0 bridgehead atoms. The standard InChI is InChI=1S/C19H31FO6SSi/c1-13-8-10-14(11-9-13)27(21,22)26-17-16(20)15(25-18(17)23-5)12-24-28(6,7)19(2,3)4/h8-11,15-18H,12H2,1-7H3/t15-,16-,17+,18+/m1/s1. The molecule has 1 fully saturated rings. The molecule has 2 rings (SSSR count). The lowest BCUT2D eigenvalue weighted by atomic mass is 10.2. The van der Waals surface area contributed by atoms with Crippen molar-refractivity contribution in [3.8, 4) is 0 Å².